The predicted molar refractivity (Wildman–Crippen MR) is 112 cm³/mol. The molecule has 1 saturated heterocycles. The largest absolute Gasteiger partial charge is 0.496 e. The SMILES string of the molecule is COc1ccc(C)cc1CN(C)CC(=O)Nc1cc(C)nn1C1CCS(=O)(=O)C1. The molecule has 8 nitrogen and oxygen atoms in total. The van der Waals surface area contributed by atoms with Gasteiger partial charge >= 0.3 is 0 Å². The molecule has 1 atom stereocenters. The lowest BCUT2D eigenvalue weighted by molar-refractivity contribution is -0.117. The number of hydrogen-bond donors (Lipinski definition) is 1. The molecule has 29 heavy (non-hydrogen) atoms. The van der Waals surface area contributed by atoms with Crippen LogP contribution in [0, 0.1) is 13.8 Å². The Hall–Kier alpha value is -2.39. The molecule has 2 aromatic rings. The molecule has 1 aliphatic rings. The van der Waals surface area contributed by atoms with E-state index in [9.17, 15) is 13.2 Å². The van der Waals surface area contributed by atoms with Gasteiger partial charge in [0, 0.05) is 18.2 Å². The number of hydrogen-bond acceptors (Lipinski definition) is 6. The number of amides is 1. The van der Waals surface area contributed by atoms with E-state index in [0.29, 0.717) is 18.8 Å². The summed E-state index contributed by atoms with van der Waals surface area (Å²) in [5, 5.41) is 7.28. The van der Waals surface area contributed by atoms with Crippen molar-refractivity contribution in [2.24, 2.45) is 0 Å². The second-order valence-electron chi connectivity index (χ2n) is 7.71. The van der Waals surface area contributed by atoms with E-state index in [1.165, 1.54) is 0 Å². The van der Waals surface area contributed by atoms with Gasteiger partial charge in [0.2, 0.25) is 5.91 Å². The predicted octanol–water partition coefficient (Wildman–Crippen LogP) is 1.94. The van der Waals surface area contributed by atoms with Crippen LogP contribution in [0.2, 0.25) is 0 Å². The third-order valence-electron chi connectivity index (χ3n) is 4.97. The Bertz CT molecular complexity index is 1000. The highest BCUT2D eigenvalue weighted by atomic mass is 32.2. The van der Waals surface area contributed by atoms with Crippen LogP contribution >= 0.6 is 0 Å². The Labute approximate surface area is 171 Å². The summed E-state index contributed by atoms with van der Waals surface area (Å²) in [5.41, 5.74) is 2.88. The molecule has 1 aliphatic heterocycles. The van der Waals surface area contributed by atoms with Crippen LogP contribution in [0.5, 0.6) is 5.75 Å². The first-order chi connectivity index (χ1) is 13.7. The number of nitrogens with zero attached hydrogens (tertiary/aromatic N) is 3. The van der Waals surface area contributed by atoms with Crippen molar-refractivity contribution >= 4 is 21.6 Å². The average molecular weight is 421 g/mol. The number of likely N-dealkylation sites (N-methyl/N-ethyl adjacent to an activating group) is 1. The number of methoxy groups -OCH3 is 1. The van der Waals surface area contributed by atoms with E-state index in [4.69, 9.17) is 4.74 Å². The fourth-order valence-electron chi connectivity index (χ4n) is 3.66. The number of nitrogens with one attached hydrogen (secondary N) is 1. The molecule has 2 heterocycles. The van der Waals surface area contributed by atoms with Gasteiger partial charge in [-0.25, -0.2) is 13.1 Å². The zero-order chi connectivity index (χ0) is 21.2. The van der Waals surface area contributed by atoms with E-state index in [-0.39, 0.29) is 30.0 Å². The number of carbonyl (C=O) groups excluding carboxylic acids is 1. The summed E-state index contributed by atoms with van der Waals surface area (Å²) >= 11 is 0. The van der Waals surface area contributed by atoms with Crippen molar-refractivity contribution in [1.29, 1.82) is 0 Å². The average Bonchev–Trinajstić information content (AvgIpc) is 3.16. The van der Waals surface area contributed by atoms with Crippen molar-refractivity contribution in [3.05, 3.63) is 41.1 Å². The lowest BCUT2D eigenvalue weighted by Gasteiger charge is -2.19. The maximum Gasteiger partial charge on any atom is 0.239 e. The molecule has 9 heteroatoms. The summed E-state index contributed by atoms with van der Waals surface area (Å²) in [5.74, 6) is 1.37. The maximum absolute atomic E-state index is 12.6. The Balaban J connectivity index is 1.65. The van der Waals surface area contributed by atoms with E-state index in [2.05, 4.69) is 10.4 Å². The van der Waals surface area contributed by atoms with Gasteiger partial charge in [-0.1, -0.05) is 17.7 Å². The number of sulfone groups is 1. The number of rotatable bonds is 7. The smallest absolute Gasteiger partial charge is 0.239 e. The molecule has 3 rings (SSSR count). The number of ether oxygens (including phenoxy) is 1. The van der Waals surface area contributed by atoms with E-state index in [1.54, 1.807) is 17.9 Å². The summed E-state index contributed by atoms with van der Waals surface area (Å²) in [6, 6.07) is 7.49. The maximum atomic E-state index is 12.6. The lowest BCUT2D eigenvalue weighted by atomic mass is 10.1. The van der Waals surface area contributed by atoms with Gasteiger partial charge in [0.15, 0.2) is 9.84 Å². The zero-order valence-corrected chi connectivity index (χ0v) is 18.1. The van der Waals surface area contributed by atoms with Crippen LogP contribution in [0.3, 0.4) is 0 Å². The minimum Gasteiger partial charge on any atom is -0.496 e. The van der Waals surface area contributed by atoms with Gasteiger partial charge in [-0.05, 0) is 33.4 Å². The van der Waals surface area contributed by atoms with Crippen LogP contribution in [0.1, 0.15) is 29.3 Å². The molecule has 1 aromatic heterocycles. The van der Waals surface area contributed by atoms with Crippen molar-refractivity contribution < 1.29 is 17.9 Å². The molecular formula is C20H28N4O4S. The minimum absolute atomic E-state index is 0.0596. The fraction of sp³-hybridized carbons (Fsp3) is 0.500. The summed E-state index contributed by atoms with van der Waals surface area (Å²) in [6.45, 7) is 4.59. The van der Waals surface area contributed by atoms with Crippen molar-refractivity contribution in [2.75, 3.05) is 37.5 Å². The molecule has 0 bridgehead atoms. The monoisotopic (exact) mass is 420 g/mol. The number of benzene rings is 1. The summed E-state index contributed by atoms with van der Waals surface area (Å²) in [7, 11) is 0.464. The molecule has 1 aromatic carbocycles. The number of anilines is 1. The van der Waals surface area contributed by atoms with Gasteiger partial charge in [0.25, 0.3) is 0 Å². The topological polar surface area (TPSA) is 93.5 Å². The number of aromatic nitrogens is 2. The van der Waals surface area contributed by atoms with Crippen LogP contribution in [-0.2, 0) is 21.2 Å². The number of aryl methyl sites for hydroxylation is 2. The third kappa shape index (κ3) is 5.36. The standard InChI is InChI=1S/C20H28N4O4S/c1-14-5-6-18(28-4)16(9-14)11-23(3)12-20(25)21-19-10-15(2)22-24(19)17-7-8-29(26,27)13-17/h5-6,9-10,17H,7-8,11-13H2,1-4H3,(H,21,25). The van der Waals surface area contributed by atoms with E-state index >= 15 is 0 Å². The summed E-state index contributed by atoms with van der Waals surface area (Å²) in [6.07, 6.45) is 0.513. The Morgan fingerprint density at radius 1 is 1.34 bits per heavy atom. The highest BCUT2D eigenvalue weighted by Crippen LogP contribution is 2.27. The van der Waals surface area contributed by atoms with Gasteiger partial charge in [0.05, 0.1) is 36.9 Å². The van der Waals surface area contributed by atoms with Gasteiger partial charge in [-0.3, -0.25) is 9.69 Å². The molecule has 0 spiro atoms. The second kappa shape index (κ2) is 8.54. The molecule has 1 fully saturated rings. The van der Waals surface area contributed by atoms with Gasteiger partial charge in [-0.15, -0.1) is 0 Å². The molecule has 0 aliphatic carbocycles. The quantitative estimate of drug-likeness (QED) is 0.736. The molecule has 0 radical (unpaired) electrons. The van der Waals surface area contributed by atoms with E-state index < -0.39 is 9.84 Å². The molecular weight excluding hydrogens is 392 g/mol. The Morgan fingerprint density at radius 3 is 2.76 bits per heavy atom. The Kier molecular flexibility index (Phi) is 6.28. The number of carbonyl (C=O) groups is 1. The summed E-state index contributed by atoms with van der Waals surface area (Å²) < 4.78 is 30.7. The van der Waals surface area contributed by atoms with Crippen molar-refractivity contribution in [3.8, 4) is 5.75 Å². The second-order valence-corrected chi connectivity index (χ2v) is 9.94. The van der Waals surface area contributed by atoms with Crippen LogP contribution in [0.25, 0.3) is 0 Å². The van der Waals surface area contributed by atoms with Crippen LogP contribution in [0.15, 0.2) is 24.3 Å². The molecule has 1 unspecified atom stereocenters. The Morgan fingerprint density at radius 2 is 2.10 bits per heavy atom. The van der Waals surface area contributed by atoms with Crippen LogP contribution in [0.4, 0.5) is 5.82 Å². The fourth-order valence-corrected chi connectivity index (χ4v) is 5.35. The highest BCUT2D eigenvalue weighted by Gasteiger charge is 2.31. The first-order valence-electron chi connectivity index (χ1n) is 9.55. The lowest BCUT2D eigenvalue weighted by Crippen LogP contribution is -2.31. The summed E-state index contributed by atoms with van der Waals surface area (Å²) in [4.78, 5) is 14.5. The van der Waals surface area contributed by atoms with Crippen molar-refractivity contribution in [2.45, 2.75) is 32.9 Å². The molecule has 1 N–H and O–H groups in total. The normalized spacial score (nSPS) is 18.2. The first kappa shape index (κ1) is 21.3. The minimum atomic E-state index is -3.04. The van der Waals surface area contributed by atoms with E-state index in [0.717, 1.165) is 22.6 Å². The molecule has 1 amide bonds. The van der Waals surface area contributed by atoms with Crippen molar-refractivity contribution in [3.63, 3.8) is 0 Å². The van der Waals surface area contributed by atoms with Gasteiger partial charge in [0.1, 0.15) is 11.6 Å². The zero-order valence-electron chi connectivity index (χ0n) is 17.3. The van der Waals surface area contributed by atoms with Crippen LogP contribution < -0.4 is 10.1 Å². The van der Waals surface area contributed by atoms with Gasteiger partial charge < -0.3 is 10.1 Å². The van der Waals surface area contributed by atoms with Crippen molar-refractivity contribution in [1.82, 2.24) is 14.7 Å². The highest BCUT2D eigenvalue weighted by molar-refractivity contribution is 7.91. The van der Waals surface area contributed by atoms with E-state index in [1.807, 2.05) is 44.0 Å². The van der Waals surface area contributed by atoms with Crippen LogP contribution in [-0.4, -0.2) is 61.2 Å². The molecule has 0 saturated carbocycles. The third-order valence-corrected chi connectivity index (χ3v) is 6.72. The first-order valence-corrected chi connectivity index (χ1v) is 11.4. The molecule has 158 valence electrons. The van der Waals surface area contributed by atoms with Gasteiger partial charge in [-0.2, -0.15) is 5.10 Å².